The van der Waals surface area contributed by atoms with Crippen molar-refractivity contribution in [2.45, 2.75) is 241 Å². The number of methoxy groups -OCH3 is 2. The number of ether oxygens (including phenoxy) is 9. The predicted octanol–water partition coefficient (Wildman–Crippen LogP) is 7.89. The zero-order valence-electron chi connectivity index (χ0n) is 76.1. The van der Waals surface area contributed by atoms with E-state index in [1.165, 1.54) is 100 Å². The number of H-pyrrole nitrogens is 2. The zero-order chi connectivity index (χ0) is 99.0. The third kappa shape index (κ3) is 62.8. The standard InChI is InChI=1S/C17H23FN6O5.C16H21FN6O5.C13H19BrFN3O3.C10H18O5.C9H13N3O3.C4H7Br2F.C4H5N3O.C4H4O2.Li.H2O/c1-17(2,3)29-16(27)20-13-6-8-23(15(26)19-13)7-5-11(18)9-24-10-12(21-22-24)14(25)28-4;1-16(2,3)28-15(27)19-12-5-7-22(14(26)18-12)6-4-10(17)8-23-9-11(13(24)25)20-21-23;1-13(2,3)21-12(20)17-10-5-7-18(11(19)16-10)6-4-9(15)8-14;1-9(2,3)14-7(11)13-8(12)15-10(4,5)6;1-9(2,3)15-8(14)12-6-4-5-10-7(13)11-6;5-2-1-4(7)3-6;5-3-1-2-6-4(8)7-3;1-3-4(5)6-2;;/h6,8,10-11H,5,7,9H2,1-4H3,(H,19,20,26,27);5,7,9-10H,4,6,8H2,1-3H3,(H,24,25)(H,18,19,26,27);5,7,9H,4,6,8H2,1-3H3,(H,16,17,19,20);1-6H3;4-5H,1-3H3,(H2,10,11,12,13,14);4H,1-3H2;1-2H,(H3,5,6,7,8);1H,2H3;;1H2/q;;;;;;;;+1;/p-1. The maximum atomic E-state index is 14.2. The number of anilines is 5. The topological polar surface area (TPSA) is 619 Å². The summed E-state index contributed by atoms with van der Waals surface area (Å²) in [5.74, 6) is -0.0362. The molecule has 0 aliphatic heterocycles. The van der Waals surface area contributed by atoms with Crippen molar-refractivity contribution in [3.05, 3.63) is 138 Å². The number of nitrogens with two attached hydrogens (primary N) is 1. The van der Waals surface area contributed by atoms with E-state index in [1.807, 2.05) is 0 Å². The van der Waals surface area contributed by atoms with Crippen molar-refractivity contribution in [1.29, 1.82) is 0 Å². The van der Waals surface area contributed by atoms with Crippen LogP contribution in [0.25, 0.3) is 0 Å². The number of carboxylic acid groups (broad SMARTS) is 1. The first-order valence-electron chi connectivity index (χ1n) is 38.2. The summed E-state index contributed by atoms with van der Waals surface area (Å²) in [6.07, 6.45) is 5.35. The fraction of sp³-hybridized carbons (Fsp3) is 0.545. The van der Waals surface area contributed by atoms with E-state index >= 15 is 0 Å². The summed E-state index contributed by atoms with van der Waals surface area (Å²) in [5.41, 5.74) is -1.89. The SMILES string of the molecule is C#CC(=O)OC.CC(C)(C)OC(=O)Nc1ccn(CCC(F)CBr)c(=O)n1.CC(C)(C)OC(=O)Nc1ccn(CCC(F)Cn2cc(C(=O)O)nn2)c(=O)n1.CC(C)(C)OC(=O)Nc1ccnc(=O)[nH]1.CC(C)(C)OC(=O)OC(=O)OC(C)(C)C.COC(=O)c1cn(CC(F)CCn2ccc(NC(=O)OC(C)(C)C)nc2=O)nn1.FC(CBr)CCBr.Nc1ccnc(=O)[nH]1.[Li+].[OH-]. The van der Waals surface area contributed by atoms with Crippen LogP contribution in [0.3, 0.4) is 0 Å². The number of aryl methyl sites for hydroxylation is 3. The number of hydrogen-bond donors (Lipinski definition) is 8. The van der Waals surface area contributed by atoms with Gasteiger partial charge >= 0.3 is 102 Å². The number of halogens is 7. The molecule has 0 aliphatic carbocycles. The monoisotopic (exact) mass is 2050 g/mol. The summed E-state index contributed by atoms with van der Waals surface area (Å²) < 4.78 is 102. The van der Waals surface area contributed by atoms with Crippen LogP contribution < -0.4 is 74.3 Å². The number of alkyl halides is 7. The normalized spacial score (nSPS) is 11.6. The molecule has 0 aliphatic rings. The minimum Gasteiger partial charge on any atom is -0.870 e. The fourth-order valence-corrected chi connectivity index (χ4v) is 9.05. The molecule has 4 atom stereocenters. The van der Waals surface area contributed by atoms with Gasteiger partial charge in [0.05, 0.1) is 39.7 Å². The quantitative estimate of drug-likeness (QED) is 0.00441. The summed E-state index contributed by atoms with van der Waals surface area (Å²) >= 11 is 9.18. The molecule has 7 aromatic rings. The van der Waals surface area contributed by atoms with E-state index in [1.54, 1.807) is 131 Å². The van der Waals surface area contributed by atoms with Crippen molar-refractivity contribution in [2.24, 2.45) is 0 Å². The third-order valence-electron chi connectivity index (χ3n) is 13.0. The molecule has 54 heteroatoms. The van der Waals surface area contributed by atoms with Crippen LogP contribution in [0.4, 0.5) is 75.4 Å². The smallest absolute Gasteiger partial charge is 0.870 e. The average molecular weight is 2050 g/mol. The van der Waals surface area contributed by atoms with Crippen LogP contribution in [0.2, 0.25) is 0 Å². The summed E-state index contributed by atoms with van der Waals surface area (Å²) in [6, 6.07) is 7.26. The molecule has 7 rings (SSSR count). The number of amides is 4. The first kappa shape index (κ1) is 123. The number of nitrogens with one attached hydrogen (secondary N) is 6. The van der Waals surface area contributed by atoms with Gasteiger partial charge in [0.2, 0.25) is 0 Å². The number of carbonyl (C=O) groups excluding carboxylic acids is 8. The Balaban J connectivity index is -0.00000150. The van der Waals surface area contributed by atoms with E-state index in [9.17, 15) is 84.7 Å². The van der Waals surface area contributed by atoms with Crippen molar-refractivity contribution < 1.29 is 133 Å². The number of aromatic carboxylic acids is 1. The van der Waals surface area contributed by atoms with Gasteiger partial charge < -0.3 is 58.9 Å². The summed E-state index contributed by atoms with van der Waals surface area (Å²) in [4.78, 5) is 179. The number of nitrogen functional groups attached to an aromatic ring is 1. The van der Waals surface area contributed by atoms with Crippen molar-refractivity contribution in [3.8, 4) is 12.3 Å². The first-order chi connectivity index (χ1) is 59.6. The molecule has 10 N–H and O–H groups in total. The summed E-state index contributed by atoms with van der Waals surface area (Å²) in [5, 5.41) is 33.8. The molecular formula is C77H111Br3F4LiN21O25. The van der Waals surface area contributed by atoms with E-state index in [2.05, 4.69) is 145 Å². The average Bonchev–Trinajstić information content (AvgIpc) is 1.30. The molecule has 4 amide bonds. The molecule has 7 aromatic heterocycles. The van der Waals surface area contributed by atoms with Gasteiger partial charge in [-0.25, -0.2) is 104 Å². The van der Waals surface area contributed by atoms with Gasteiger partial charge in [0, 0.05) is 72.5 Å². The molecule has 7 heterocycles. The van der Waals surface area contributed by atoms with E-state index < -0.39 is 141 Å². The number of terminal acetylenes is 1. The van der Waals surface area contributed by atoms with Gasteiger partial charge in [0.15, 0.2) is 11.4 Å². The molecule has 0 spiro atoms. The summed E-state index contributed by atoms with van der Waals surface area (Å²) in [6.45, 7) is 30.7. The number of carbonyl (C=O) groups is 9. The Morgan fingerprint density at radius 1 is 0.489 bits per heavy atom. The van der Waals surface area contributed by atoms with Crippen LogP contribution in [0.5, 0.6) is 0 Å². The number of aromatic nitrogens is 16. The van der Waals surface area contributed by atoms with Gasteiger partial charge in [-0.2, -0.15) is 15.0 Å². The van der Waals surface area contributed by atoms with Crippen LogP contribution in [-0.2, 0) is 80.2 Å². The van der Waals surface area contributed by atoms with E-state index in [0.29, 0.717) is 17.6 Å². The molecular weight excluding hydrogens is 1940 g/mol. The van der Waals surface area contributed by atoms with Gasteiger partial charge in [0.25, 0.3) is 0 Å². The number of hydrogen-bond acceptors (Lipinski definition) is 34. The predicted molar refractivity (Wildman–Crippen MR) is 473 cm³/mol. The minimum atomic E-state index is -1.38. The molecule has 0 fully saturated rings. The van der Waals surface area contributed by atoms with Crippen molar-refractivity contribution in [1.82, 2.24) is 78.6 Å². The number of esters is 2. The van der Waals surface area contributed by atoms with Crippen LogP contribution in [-0.4, -0.2) is 232 Å². The number of nitrogens with zero attached hydrogens (tertiary/aromatic N) is 14. The second kappa shape index (κ2) is 60.8. The largest absolute Gasteiger partial charge is 1.00 e. The van der Waals surface area contributed by atoms with Gasteiger partial charge in [-0.3, -0.25) is 44.9 Å². The second-order valence-electron chi connectivity index (χ2n) is 31.6. The molecule has 4 unspecified atom stereocenters. The number of carboxylic acids is 1. The van der Waals surface area contributed by atoms with Crippen molar-refractivity contribution >= 4 is 131 Å². The van der Waals surface area contributed by atoms with Crippen molar-refractivity contribution in [2.75, 3.05) is 57.2 Å². The van der Waals surface area contributed by atoms with Crippen LogP contribution in [0.1, 0.15) is 171 Å². The van der Waals surface area contributed by atoms with E-state index in [4.69, 9.17) is 39.3 Å². The first-order valence-corrected chi connectivity index (χ1v) is 41.6. The molecule has 0 saturated carbocycles. The molecule has 46 nitrogen and oxygen atoms in total. The Morgan fingerprint density at radius 3 is 1.08 bits per heavy atom. The second-order valence-corrected chi connectivity index (χ2v) is 33.7. The maximum Gasteiger partial charge on any atom is 1.00 e. The minimum absolute atomic E-state index is 0. The third-order valence-corrected chi connectivity index (χ3v) is 14.9. The van der Waals surface area contributed by atoms with Crippen LogP contribution >= 0.6 is 47.8 Å². The Labute approximate surface area is 786 Å². The molecule has 0 bridgehead atoms. The Bertz CT molecular complexity index is 5050. The molecule has 724 valence electrons. The Morgan fingerprint density at radius 2 is 0.817 bits per heavy atom. The number of rotatable bonds is 23. The van der Waals surface area contributed by atoms with Crippen molar-refractivity contribution in [3.63, 3.8) is 0 Å². The molecule has 131 heavy (non-hydrogen) atoms. The zero-order valence-corrected chi connectivity index (χ0v) is 80.8. The van der Waals surface area contributed by atoms with Gasteiger partial charge in [-0.1, -0.05) is 58.2 Å². The fourth-order valence-electron chi connectivity index (χ4n) is 7.91. The van der Waals surface area contributed by atoms with Gasteiger partial charge in [0.1, 0.15) is 87.4 Å². The van der Waals surface area contributed by atoms with E-state index in [0.717, 1.165) is 16.2 Å². The molecule has 0 radical (unpaired) electrons. The number of aromatic amines is 2. The van der Waals surface area contributed by atoms with Gasteiger partial charge in [-0.05, 0) is 181 Å². The van der Waals surface area contributed by atoms with E-state index in [-0.39, 0.29) is 116 Å². The summed E-state index contributed by atoms with van der Waals surface area (Å²) in [7, 11) is 2.45. The maximum absolute atomic E-state index is 14.2. The van der Waals surface area contributed by atoms with Gasteiger partial charge in [-0.15, -0.1) is 16.6 Å². The Kier molecular flexibility index (Phi) is 57.1. The van der Waals surface area contributed by atoms with Crippen LogP contribution in [0.15, 0.2) is 97.7 Å². The Hall–Kier alpha value is -12.0. The molecule has 0 aromatic carbocycles. The van der Waals surface area contributed by atoms with Crippen LogP contribution in [0, 0.1) is 12.3 Å². The molecule has 0 saturated heterocycles.